The maximum atomic E-state index is 12.5. The smallest absolute Gasteiger partial charge is 0.259 e. The van der Waals surface area contributed by atoms with Crippen LogP contribution in [0.15, 0.2) is 12.1 Å². The van der Waals surface area contributed by atoms with Gasteiger partial charge in [0, 0.05) is 18.8 Å². The van der Waals surface area contributed by atoms with Crippen molar-refractivity contribution >= 4 is 5.91 Å². The Kier molecular flexibility index (Phi) is 3.78. The van der Waals surface area contributed by atoms with Crippen LogP contribution in [0.2, 0.25) is 0 Å². The number of carbonyl (C=O) groups excluding carboxylic acids is 1. The molecule has 1 aliphatic rings. The number of rotatable bonds is 2. The highest BCUT2D eigenvalue weighted by molar-refractivity contribution is 5.96. The number of ether oxygens (including phenoxy) is 1. The molecule has 4 heteroatoms. The van der Waals surface area contributed by atoms with Gasteiger partial charge in [-0.15, -0.1) is 0 Å². The predicted molar refractivity (Wildman–Crippen MR) is 74.5 cm³/mol. The molecule has 1 aliphatic heterocycles. The van der Waals surface area contributed by atoms with Crippen LogP contribution >= 0.6 is 0 Å². The Morgan fingerprint density at radius 3 is 2.47 bits per heavy atom. The van der Waals surface area contributed by atoms with Crippen molar-refractivity contribution in [2.24, 2.45) is 0 Å². The number of carbonyl (C=O) groups is 1. The Labute approximate surface area is 114 Å². The van der Waals surface area contributed by atoms with Crippen molar-refractivity contribution < 1.29 is 9.53 Å². The van der Waals surface area contributed by atoms with E-state index in [4.69, 9.17) is 4.74 Å². The molecule has 1 aromatic rings. The molecule has 2 heterocycles. The van der Waals surface area contributed by atoms with Crippen molar-refractivity contribution in [3.8, 4) is 5.88 Å². The lowest BCUT2D eigenvalue weighted by Crippen LogP contribution is -2.30. The predicted octanol–water partition coefficient (Wildman–Crippen LogP) is 2.80. The first-order valence-electron chi connectivity index (χ1n) is 6.83. The number of hydrogen-bond donors (Lipinski definition) is 0. The van der Waals surface area contributed by atoms with Crippen molar-refractivity contribution in [2.75, 3.05) is 13.1 Å². The van der Waals surface area contributed by atoms with Crippen molar-refractivity contribution in [2.45, 2.75) is 46.1 Å². The highest BCUT2D eigenvalue weighted by Gasteiger charge is 2.25. The van der Waals surface area contributed by atoms with Crippen LogP contribution in [-0.2, 0) is 0 Å². The summed E-state index contributed by atoms with van der Waals surface area (Å²) in [5.74, 6) is 0.480. The van der Waals surface area contributed by atoms with Gasteiger partial charge >= 0.3 is 0 Å². The minimum Gasteiger partial charge on any atom is -0.471 e. The maximum absolute atomic E-state index is 12.5. The number of pyridine rings is 1. The summed E-state index contributed by atoms with van der Waals surface area (Å²) in [7, 11) is 0. The monoisotopic (exact) mass is 262 g/mol. The van der Waals surface area contributed by atoms with E-state index in [9.17, 15) is 4.79 Å². The molecule has 0 bridgehead atoms. The summed E-state index contributed by atoms with van der Waals surface area (Å²) in [6.07, 6.45) is 2.17. The lowest BCUT2D eigenvalue weighted by molar-refractivity contribution is 0.0771. The largest absolute Gasteiger partial charge is 0.471 e. The average molecular weight is 262 g/mol. The minimum atomic E-state index is -0.360. The Hall–Kier alpha value is -1.58. The van der Waals surface area contributed by atoms with Gasteiger partial charge in [-0.3, -0.25) is 4.79 Å². The summed E-state index contributed by atoms with van der Waals surface area (Å²) in [4.78, 5) is 18.7. The third-order valence-corrected chi connectivity index (χ3v) is 3.03. The quantitative estimate of drug-likeness (QED) is 0.823. The van der Waals surface area contributed by atoms with Crippen LogP contribution in [0.25, 0.3) is 0 Å². The molecule has 0 unspecified atom stereocenters. The molecule has 4 nitrogen and oxygen atoms in total. The van der Waals surface area contributed by atoms with E-state index < -0.39 is 0 Å². The first-order valence-corrected chi connectivity index (χ1v) is 6.83. The zero-order valence-electron chi connectivity index (χ0n) is 12.2. The van der Waals surface area contributed by atoms with E-state index in [1.54, 1.807) is 0 Å². The van der Waals surface area contributed by atoms with Crippen LogP contribution in [0.4, 0.5) is 0 Å². The number of amides is 1. The molecule has 0 N–H and O–H groups in total. The normalized spacial score (nSPS) is 15.7. The molecule has 1 fully saturated rings. The van der Waals surface area contributed by atoms with E-state index in [1.807, 2.05) is 44.7 Å². The Morgan fingerprint density at radius 1 is 1.26 bits per heavy atom. The molecule has 0 aliphatic carbocycles. The standard InChI is InChI=1S/C15H22N2O2/c1-11-7-8-12(13(16-11)19-15(2,3)4)14(18)17-9-5-6-10-17/h7-8H,5-6,9-10H2,1-4H3. The number of likely N-dealkylation sites (tertiary alicyclic amines) is 1. The molecule has 0 saturated carbocycles. The zero-order chi connectivity index (χ0) is 14.0. The molecule has 2 rings (SSSR count). The third-order valence-electron chi connectivity index (χ3n) is 3.03. The highest BCUT2D eigenvalue weighted by atomic mass is 16.5. The van der Waals surface area contributed by atoms with Gasteiger partial charge in [0.1, 0.15) is 11.2 Å². The van der Waals surface area contributed by atoms with E-state index >= 15 is 0 Å². The summed E-state index contributed by atoms with van der Waals surface area (Å²) in [5, 5.41) is 0. The van der Waals surface area contributed by atoms with Gasteiger partial charge < -0.3 is 9.64 Å². The van der Waals surface area contributed by atoms with Gasteiger partial charge in [0.15, 0.2) is 0 Å². The topological polar surface area (TPSA) is 42.4 Å². The van der Waals surface area contributed by atoms with E-state index in [2.05, 4.69) is 4.98 Å². The fourth-order valence-corrected chi connectivity index (χ4v) is 2.15. The molecule has 0 aromatic carbocycles. The lowest BCUT2D eigenvalue weighted by atomic mass is 10.1. The van der Waals surface area contributed by atoms with Crippen molar-refractivity contribution in [1.29, 1.82) is 0 Å². The number of aromatic nitrogens is 1. The molecule has 1 aromatic heterocycles. The molecule has 0 spiro atoms. The molecule has 19 heavy (non-hydrogen) atoms. The van der Waals surface area contributed by atoms with Crippen LogP contribution in [0, 0.1) is 6.92 Å². The Morgan fingerprint density at radius 2 is 1.89 bits per heavy atom. The van der Waals surface area contributed by atoms with Gasteiger partial charge in [0.05, 0.1) is 0 Å². The van der Waals surface area contributed by atoms with E-state index in [1.165, 1.54) is 0 Å². The van der Waals surface area contributed by atoms with Gasteiger partial charge in [-0.1, -0.05) is 0 Å². The van der Waals surface area contributed by atoms with Crippen molar-refractivity contribution in [1.82, 2.24) is 9.88 Å². The summed E-state index contributed by atoms with van der Waals surface area (Å²) in [5.41, 5.74) is 1.07. The van der Waals surface area contributed by atoms with E-state index in [0.29, 0.717) is 11.4 Å². The van der Waals surface area contributed by atoms with Crippen LogP contribution in [0.1, 0.15) is 49.7 Å². The number of hydrogen-bond acceptors (Lipinski definition) is 3. The fourth-order valence-electron chi connectivity index (χ4n) is 2.15. The van der Waals surface area contributed by atoms with Crippen LogP contribution < -0.4 is 4.74 Å². The third kappa shape index (κ3) is 3.46. The van der Waals surface area contributed by atoms with E-state index in [0.717, 1.165) is 31.6 Å². The summed E-state index contributed by atoms with van der Waals surface area (Å²) in [6, 6.07) is 3.68. The Balaban J connectivity index is 2.30. The molecule has 104 valence electrons. The van der Waals surface area contributed by atoms with Gasteiger partial charge in [0.25, 0.3) is 5.91 Å². The number of aryl methyl sites for hydroxylation is 1. The second-order valence-corrected chi connectivity index (χ2v) is 6.02. The maximum Gasteiger partial charge on any atom is 0.259 e. The lowest BCUT2D eigenvalue weighted by Gasteiger charge is -2.23. The fraction of sp³-hybridized carbons (Fsp3) is 0.600. The van der Waals surface area contributed by atoms with Crippen LogP contribution in [0.5, 0.6) is 5.88 Å². The van der Waals surface area contributed by atoms with Crippen LogP contribution in [0.3, 0.4) is 0 Å². The summed E-state index contributed by atoms with van der Waals surface area (Å²) < 4.78 is 5.84. The zero-order valence-corrected chi connectivity index (χ0v) is 12.2. The highest BCUT2D eigenvalue weighted by Crippen LogP contribution is 2.24. The Bertz CT molecular complexity index is 472. The second kappa shape index (κ2) is 5.19. The molecule has 0 radical (unpaired) electrons. The van der Waals surface area contributed by atoms with Gasteiger partial charge in [-0.2, -0.15) is 0 Å². The molecule has 0 atom stereocenters. The van der Waals surface area contributed by atoms with Gasteiger partial charge in [-0.05, 0) is 52.7 Å². The summed E-state index contributed by atoms with van der Waals surface area (Å²) in [6.45, 7) is 9.45. The SMILES string of the molecule is Cc1ccc(C(=O)N2CCCC2)c(OC(C)(C)C)n1. The first-order chi connectivity index (χ1) is 8.87. The summed E-state index contributed by atoms with van der Waals surface area (Å²) >= 11 is 0. The second-order valence-electron chi connectivity index (χ2n) is 6.02. The molecule has 1 saturated heterocycles. The van der Waals surface area contributed by atoms with Gasteiger partial charge in [0.2, 0.25) is 5.88 Å². The molecular weight excluding hydrogens is 240 g/mol. The van der Waals surface area contributed by atoms with Crippen molar-refractivity contribution in [3.05, 3.63) is 23.4 Å². The number of nitrogens with zero attached hydrogens (tertiary/aromatic N) is 2. The average Bonchev–Trinajstić information content (AvgIpc) is 2.79. The molecule has 1 amide bonds. The van der Waals surface area contributed by atoms with Crippen LogP contribution in [-0.4, -0.2) is 34.5 Å². The molecular formula is C15H22N2O2. The van der Waals surface area contributed by atoms with Gasteiger partial charge in [-0.25, -0.2) is 4.98 Å². The minimum absolute atomic E-state index is 0.0317. The first kappa shape index (κ1) is 13.8. The van der Waals surface area contributed by atoms with Crippen molar-refractivity contribution in [3.63, 3.8) is 0 Å². The van der Waals surface area contributed by atoms with E-state index in [-0.39, 0.29) is 11.5 Å².